The van der Waals surface area contributed by atoms with Crippen molar-refractivity contribution in [1.82, 2.24) is 0 Å². The molecule has 154 valence electrons. The largest absolute Gasteiger partial charge is 0.490 e. The summed E-state index contributed by atoms with van der Waals surface area (Å²) in [7, 11) is 0. The molecule has 0 unspecified atom stereocenters. The van der Waals surface area contributed by atoms with Gasteiger partial charge in [0.25, 0.3) is 5.92 Å². The van der Waals surface area contributed by atoms with Crippen molar-refractivity contribution in [2.45, 2.75) is 69.9 Å². The fourth-order valence-corrected chi connectivity index (χ4v) is 4.08. The molecule has 1 fully saturated rings. The Bertz CT molecular complexity index is 798. The predicted octanol–water partition coefficient (Wildman–Crippen LogP) is 5.38. The Kier molecular flexibility index (Phi) is 6.25. The van der Waals surface area contributed by atoms with E-state index in [-0.39, 0.29) is 19.1 Å². The molecule has 1 saturated carbocycles. The molecule has 2 aromatic carbocycles. The normalized spacial score (nSPS) is 22.8. The maximum absolute atomic E-state index is 14.1. The van der Waals surface area contributed by atoms with Crippen LogP contribution in [0.25, 0.3) is 10.8 Å². The molecule has 0 heterocycles. The summed E-state index contributed by atoms with van der Waals surface area (Å²) in [6.45, 7) is 3.48. The predicted molar refractivity (Wildman–Crippen MR) is 109 cm³/mol. The number of aliphatic hydroxyl groups is 1. The second-order valence-corrected chi connectivity index (χ2v) is 8.40. The molecule has 0 aromatic heterocycles. The lowest BCUT2D eigenvalue weighted by Gasteiger charge is -2.33. The van der Waals surface area contributed by atoms with E-state index < -0.39 is 17.4 Å². The second-order valence-electron chi connectivity index (χ2n) is 8.40. The maximum Gasteiger partial charge on any atom is 0.250 e. The highest BCUT2D eigenvalue weighted by atomic mass is 19.3. The van der Waals surface area contributed by atoms with Gasteiger partial charge in [-0.15, -0.1) is 0 Å². The van der Waals surface area contributed by atoms with Gasteiger partial charge in [0, 0.05) is 12.3 Å². The molecule has 0 bridgehead atoms. The van der Waals surface area contributed by atoms with E-state index in [2.05, 4.69) is 0 Å². The molecule has 0 radical (unpaired) electrons. The average molecular weight is 392 g/mol. The van der Waals surface area contributed by atoms with Crippen molar-refractivity contribution in [3.05, 3.63) is 42.0 Å². The van der Waals surface area contributed by atoms with Crippen LogP contribution in [0.15, 0.2) is 36.4 Å². The fraction of sp³-hybridized carbons (Fsp3) is 0.565. The van der Waals surface area contributed by atoms with Gasteiger partial charge in [0.2, 0.25) is 0 Å². The van der Waals surface area contributed by atoms with Gasteiger partial charge < -0.3 is 15.6 Å². The van der Waals surface area contributed by atoms with Crippen molar-refractivity contribution < 1.29 is 18.6 Å². The third kappa shape index (κ3) is 4.64. The monoisotopic (exact) mass is 391 g/mol. The molecule has 3 rings (SSSR count). The number of nitrogens with two attached hydrogens (primary N) is 1. The summed E-state index contributed by atoms with van der Waals surface area (Å²) in [6, 6.07) is 11.7. The first kappa shape index (κ1) is 21.0. The van der Waals surface area contributed by atoms with Crippen molar-refractivity contribution in [2.24, 2.45) is 11.7 Å². The van der Waals surface area contributed by atoms with E-state index in [1.807, 2.05) is 43.3 Å². The summed E-state index contributed by atoms with van der Waals surface area (Å²) >= 11 is 0. The van der Waals surface area contributed by atoms with E-state index in [9.17, 15) is 13.9 Å². The molecule has 0 spiro atoms. The lowest BCUT2D eigenvalue weighted by Crippen LogP contribution is -2.36. The first-order valence-corrected chi connectivity index (χ1v) is 10.2. The van der Waals surface area contributed by atoms with Gasteiger partial charge in [-0.2, -0.15) is 0 Å². The number of hydrogen-bond donors (Lipinski definition) is 2. The van der Waals surface area contributed by atoms with Crippen LogP contribution in [0, 0.1) is 5.92 Å². The highest BCUT2D eigenvalue weighted by Gasteiger charge is 2.40. The Morgan fingerprint density at radius 3 is 2.36 bits per heavy atom. The van der Waals surface area contributed by atoms with Crippen LogP contribution in [-0.2, 0) is 5.54 Å². The first-order valence-electron chi connectivity index (χ1n) is 10.2. The number of halogens is 2. The summed E-state index contributed by atoms with van der Waals surface area (Å²) in [5, 5.41) is 11.5. The Hall–Kier alpha value is -1.72. The third-order valence-corrected chi connectivity index (χ3v) is 5.96. The van der Waals surface area contributed by atoms with Gasteiger partial charge >= 0.3 is 0 Å². The minimum absolute atomic E-state index is 0.00729. The molecule has 5 heteroatoms. The van der Waals surface area contributed by atoms with Crippen molar-refractivity contribution in [2.75, 3.05) is 6.61 Å². The van der Waals surface area contributed by atoms with Gasteiger partial charge in [0.05, 0.1) is 18.2 Å². The summed E-state index contributed by atoms with van der Waals surface area (Å²) in [6.07, 6.45) is 2.87. The van der Waals surface area contributed by atoms with Crippen LogP contribution in [0.3, 0.4) is 0 Å². The minimum Gasteiger partial charge on any atom is -0.490 e. The highest BCUT2D eigenvalue weighted by molar-refractivity contribution is 5.84. The molecule has 0 aliphatic heterocycles. The molecule has 1 aliphatic rings. The van der Waals surface area contributed by atoms with Crippen LogP contribution in [0.4, 0.5) is 8.78 Å². The van der Waals surface area contributed by atoms with Crippen molar-refractivity contribution in [3.8, 4) is 5.75 Å². The van der Waals surface area contributed by atoms with E-state index in [0.29, 0.717) is 32.1 Å². The zero-order valence-electron chi connectivity index (χ0n) is 16.8. The van der Waals surface area contributed by atoms with Gasteiger partial charge in [-0.3, -0.25) is 0 Å². The Morgan fingerprint density at radius 2 is 1.71 bits per heavy atom. The SMILES string of the molecule is CCCC(F)(F)[C@H]1CC[C@@H](Oc2ccc3cc([C@@](C)(N)CO)ccc3c2)CC1. The van der Waals surface area contributed by atoms with Crippen LogP contribution in [-0.4, -0.2) is 23.7 Å². The van der Waals surface area contributed by atoms with Crippen LogP contribution in [0.1, 0.15) is 57.9 Å². The number of alkyl halides is 2. The summed E-state index contributed by atoms with van der Waals surface area (Å²) in [4.78, 5) is 0. The van der Waals surface area contributed by atoms with Crippen LogP contribution in [0.2, 0.25) is 0 Å². The fourth-order valence-electron chi connectivity index (χ4n) is 4.08. The van der Waals surface area contributed by atoms with Crippen molar-refractivity contribution in [1.29, 1.82) is 0 Å². The van der Waals surface area contributed by atoms with Gasteiger partial charge in [-0.1, -0.05) is 31.5 Å². The molecule has 0 saturated heterocycles. The lowest BCUT2D eigenvalue weighted by molar-refractivity contribution is -0.0858. The number of fused-ring (bicyclic) bond motifs is 1. The number of rotatable bonds is 7. The summed E-state index contributed by atoms with van der Waals surface area (Å²) in [5.41, 5.74) is 6.22. The van der Waals surface area contributed by atoms with Crippen molar-refractivity contribution in [3.63, 3.8) is 0 Å². The van der Waals surface area contributed by atoms with Crippen LogP contribution >= 0.6 is 0 Å². The van der Waals surface area contributed by atoms with E-state index in [1.165, 1.54) is 0 Å². The molecule has 3 N–H and O–H groups in total. The zero-order valence-corrected chi connectivity index (χ0v) is 16.8. The summed E-state index contributed by atoms with van der Waals surface area (Å²) in [5.74, 6) is -2.30. The van der Waals surface area contributed by atoms with E-state index >= 15 is 0 Å². The standard InChI is InChI=1S/C23H31F2NO2/c1-3-12-23(24,25)18-7-10-20(11-8-18)28-21-9-5-16-13-19(22(2,26)15-27)6-4-17(16)14-21/h4-6,9,13-14,18,20,27H,3,7-8,10-12,15,26H2,1-2H3/t18-,20+,22-/m0/s1. The number of hydrogen-bond acceptors (Lipinski definition) is 3. The average Bonchev–Trinajstić information content (AvgIpc) is 2.68. The molecular formula is C23H31F2NO2. The smallest absolute Gasteiger partial charge is 0.250 e. The Balaban J connectivity index is 1.65. The quantitative estimate of drug-likeness (QED) is 0.666. The van der Waals surface area contributed by atoms with E-state index in [4.69, 9.17) is 10.5 Å². The lowest BCUT2D eigenvalue weighted by atomic mass is 9.82. The van der Waals surface area contributed by atoms with Gasteiger partial charge in [0.1, 0.15) is 5.75 Å². The molecule has 1 aliphatic carbocycles. The molecular weight excluding hydrogens is 360 g/mol. The van der Waals surface area contributed by atoms with Gasteiger partial charge in [-0.05, 0) is 67.1 Å². The van der Waals surface area contributed by atoms with E-state index in [1.54, 1.807) is 6.92 Å². The number of ether oxygens (including phenoxy) is 1. The van der Waals surface area contributed by atoms with Gasteiger partial charge in [0.15, 0.2) is 0 Å². The van der Waals surface area contributed by atoms with Crippen LogP contribution < -0.4 is 10.5 Å². The molecule has 2 aromatic rings. The van der Waals surface area contributed by atoms with Crippen molar-refractivity contribution >= 4 is 10.8 Å². The summed E-state index contributed by atoms with van der Waals surface area (Å²) < 4.78 is 34.3. The minimum atomic E-state index is -2.55. The maximum atomic E-state index is 14.1. The highest BCUT2D eigenvalue weighted by Crippen LogP contribution is 2.40. The molecule has 0 amide bonds. The first-order chi connectivity index (χ1) is 13.2. The van der Waals surface area contributed by atoms with E-state index in [0.717, 1.165) is 22.1 Å². The van der Waals surface area contributed by atoms with Crippen LogP contribution in [0.5, 0.6) is 5.75 Å². The topological polar surface area (TPSA) is 55.5 Å². The Morgan fingerprint density at radius 1 is 1.07 bits per heavy atom. The van der Waals surface area contributed by atoms with Gasteiger partial charge in [-0.25, -0.2) is 8.78 Å². The molecule has 3 nitrogen and oxygen atoms in total. The number of aliphatic hydroxyl groups excluding tert-OH is 1. The molecule has 1 atom stereocenters. The number of benzene rings is 2. The second kappa shape index (κ2) is 8.34. The zero-order chi connectivity index (χ0) is 20.4. The third-order valence-electron chi connectivity index (χ3n) is 5.96. The molecule has 28 heavy (non-hydrogen) atoms. The Labute approximate surface area is 165 Å².